The molecule has 25 heavy (non-hydrogen) atoms. The summed E-state index contributed by atoms with van der Waals surface area (Å²) >= 11 is 0. The third-order valence-electron chi connectivity index (χ3n) is 3.43. The summed E-state index contributed by atoms with van der Waals surface area (Å²) in [5.74, 6) is -0.278. The highest BCUT2D eigenvalue weighted by atomic mass is 19.4. The Morgan fingerprint density at radius 3 is 2.60 bits per heavy atom. The van der Waals surface area contributed by atoms with Gasteiger partial charge in [-0.15, -0.1) is 0 Å². The van der Waals surface area contributed by atoms with Gasteiger partial charge >= 0.3 is 6.18 Å². The Balaban J connectivity index is 2.16. The molecule has 1 aromatic heterocycles. The molecule has 0 amide bonds. The summed E-state index contributed by atoms with van der Waals surface area (Å²) in [7, 11) is 0. The van der Waals surface area contributed by atoms with E-state index in [0.29, 0.717) is 12.5 Å². The lowest BCUT2D eigenvalue weighted by molar-refractivity contribution is -0.141. The van der Waals surface area contributed by atoms with E-state index in [1.807, 2.05) is 13.8 Å². The highest BCUT2D eigenvalue weighted by Gasteiger charge is 2.36. The molecule has 8 heteroatoms. The van der Waals surface area contributed by atoms with E-state index in [0.717, 1.165) is 18.7 Å². The van der Waals surface area contributed by atoms with Crippen LogP contribution < -0.4 is 10.6 Å². The van der Waals surface area contributed by atoms with Gasteiger partial charge in [-0.2, -0.15) is 13.2 Å². The van der Waals surface area contributed by atoms with Gasteiger partial charge in [-0.3, -0.25) is 0 Å². The Bertz CT molecular complexity index is 701. The summed E-state index contributed by atoms with van der Waals surface area (Å²) in [6.07, 6.45) is -2.60. The van der Waals surface area contributed by atoms with E-state index in [1.54, 1.807) is 0 Å². The zero-order valence-corrected chi connectivity index (χ0v) is 14.0. The minimum Gasteiger partial charge on any atom is -0.324 e. The molecule has 4 nitrogen and oxygen atoms in total. The van der Waals surface area contributed by atoms with Crippen LogP contribution in [-0.4, -0.2) is 16.5 Å². The molecule has 1 aromatic carbocycles. The first-order chi connectivity index (χ1) is 11.8. The van der Waals surface area contributed by atoms with Crippen molar-refractivity contribution < 1.29 is 17.6 Å². The van der Waals surface area contributed by atoms with Gasteiger partial charge in [0.1, 0.15) is 5.82 Å². The van der Waals surface area contributed by atoms with Crippen LogP contribution in [0.15, 0.2) is 30.5 Å². The smallest absolute Gasteiger partial charge is 0.324 e. The van der Waals surface area contributed by atoms with E-state index in [4.69, 9.17) is 0 Å². The molecule has 0 saturated carbocycles. The second-order valence-corrected chi connectivity index (χ2v) is 6.06. The van der Waals surface area contributed by atoms with Gasteiger partial charge in [0, 0.05) is 24.0 Å². The first-order valence-corrected chi connectivity index (χ1v) is 7.92. The third-order valence-corrected chi connectivity index (χ3v) is 3.43. The molecule has 0 aliphatic heterocycles. The topological polar surface area (TPSA) is 49.8 Å². The number of hydrogen-bond donors (Lipinski definition) is 2. The van der Waals surface area contributed by atoms with E-state index >= 15 is 0 Å². The third kappa shape index (κ3) is 5.97. The largest absolute Gasteiger partial charge is 0.433 e. The average Bonchev–Trinajstić information content (AvgIpc) is 2.51. The predicted molar refractivity (Wildman–Crippen MR) is 87.9 cm³/mol. The van der Waals surface area contributed by atoms with Crippen LogP contribution in [0.1, 0.15) is 31.5 Å². The van der Waals surface area contributed by atoms with Crippen LogP contribution in [0.4, 0.5) is 29.2 Å². The maximum atomic E-state index is 13.3. The van der Waals surface area contributed by atoms with Gasteiger partial charge in [0.05, 0.1) is 0 Å². The number of hydrogen-bond acceptors (Lipinski definition) is 4. The summed E-state index contributed by atoms with van der Waals surface area (Å²) in [6.45, 7) is 4.72. The first-order valence-electron chi connectivity index (χ1n) is 7.92. The molecule has 0 bridgehead atoms. The van der Waals surface area contributed by atoms with Crippen LogP contribution in [0.2, 0.25) is 0 Å². The van der Waals surface area contributed by atoms with Crippen LogP contribution in [-0.2, 0) is 12.7 Å². The van der Waals surface area contributed by atoms with E-state index < -0.39 is 17.7 Å². The van der Waals surface area contributed by atoms with Crippen molar-refractivity contribution in [2.24, 2.45) is 5.92 Å². The number of benzene rings is 1. The molecular formula is C17H20F4N4. The van der Waals surface area contributed by atoms with Gasteiger partial charge in [-0.25, -0.2) is 14.4 Å². The second-order valence-electron chi connectivity index (χ2n) is 6.06. The molecule has 1 heterocycles. The molecule has 0 radical (unpaired) electrons. The zero-order valence-electron chi connectivity index (χ0n) is 14.0. The van der Waals surface area contributed by atoms with Gasteiger partial charge in [-0.1, -0.05) is 19.9 Å². The van der Waals surface area contributed by atoms with Crippen molar-refractivity contribution in [1.82, 2.24) is 15.3 Å². The Hall–Kier alpha value is -2.22. The lowest BCUT2D eigenvalue weighted by Crippen LogP contribution is -2.21. The van der Waals surface area contributed by atoms with Crippen molar-refractivity contribution in [2.75, 3.05) is 11.9 Å². The normalized spacial score (nSPS) is 11.8. The zero-order chi connectivity index (χ0) is 18.4. The van der Waals surface area contributed by atoms with Crippen molar-refractivity contribution in [3.8, 4) is 0 Å². The summed E-state index contributed by atoms with van der Waals surface area (Å²) in [6, 6.07) is 5.34. The first kappa shape index (κ1) is 19.1. The quantitative estimate of drug-likeness (QED) is 0.566. The van der Waals surface area contributed by atoms with Crippen LogP contribution in [0.5, 0.6) is 0 Å². The van der Waals surface area contributed by atoms with Crippen LogP contribution >= 0.6 is 0 Å². The van der Waals surface area contributed by atoms with Crippen molar-refractivity contribution in [1.29, 1.82) is 0 Å². The average molecular weight is 356 g/mol. The van der Waals surface area contributed by atoms with Crippen molar-refractivity contribution >= 4 is 11.6 Å². The van der Waals surface area contributed by atoms with Crippen LogP contribution in [0.25, 0.3) is 0 Å². The number of nitrogens with zero attached hydrogens (tertiary/aromatic N) is 2. The van der Waals surface area contributed by atoms with E-state index in [1.165, 1.54) is 18.2 Å². The van der Waals surface area contributed by atoms with E-state index in [-0.39, 0.29) is 23.7 Å². The minimum absolute atomic E-state index is 0.0268. The molecule has 136 valence electrons. The molecule has 2 rings (SSSR count). The highest BCUT2D eigenvalue weighted by molar-refractivity contribution is 5.53. The standard InChI is InChI=1S/C17H20F4N4/c1-11(2)6-7-22-9-12-10-23-16(25-15(12)17(19,20)21)24-14-5-3-4-13(18)8-14/h3-5,8,10-11,22H,6-7,9H2,1-2H3,(H,23,24,25). The van der Waals surface area contributed by atoms with Gasteiger partial charge in [0.15, 0.2) is 5.69 Å². The molecule has 2 N–H and O–H groups in total. The molecule has 0 unspecified atom stereocenters. The SMILES string of the molecule is CC(C)CCNCc1cnc(Nc2cccc(F)c2)nc1C(F)(F)F. The van der Waals surface area contributed by atoms with Crippen molar-refractivity contribution in [2.45, 2.75) is 33.0 Å². The Kier molecular flexibility index (Phi) is 6.30. The highest BCUT2D eigenvalue weighted by Crippen LogP contribution is 2.31. The molecule has 0 fully saturated rings. The predicted octanol–water partition coefficient (Wildman–Crippen LogP) is 4.51. The molecule has 0 aliphatic carbocycles. The summed E-state index contributed by atoms with van der Waals surface area (Å²) in [5.41, 5.74) is -0.754. The molecule has 0 saturated heterocycles. The molecule has 0 aliphatic rings. The monoisotopic (exact) mass is 356 g/mol. The summed E-state index contributed by atoms with van der Waals surface area (Å²) < 4.78 is 53.0. The van der Waals surface area contributed by atoms with Crippen molar-refractivity contribution in [3.63, 3.8) is 0 Å². The molecule has 0 spiro atoms. The van der Waals surface area contributed by atoms with Gasteiger partial charge in [0.2, 0.25) is 5.95 Å². The molecule has 0 atom stereocenters. The number of rotatable bonds is 7. The maximum Gasteiger partial charge on any atom is 0.433 e. The number of aromatic nitrogens is 2. The van der Waals surface area contributed by atoms with Crippen molar-refractivity contribution in [3.05, 3.63) is 47.5 Å². The summed E-state index contributed by atoms with van der Waals surface area (Å²) in [5, 5.41) is 5.56. The van der Waals surface area contributed by atoms with Crippen LogP contribution in [0.3, 0.4) is 0 Å². The van der Waals surface area contributed by atoms with E-state index in [9.17, 15) is 17.6 Å². The van der Waals surface area contributed by atoms with Gasteiger partial charge in [-0.05, 0) is 37.1 Å². The number of nitrogens with one attached hydrogen (secondary N) is 2. The lowest BCUT2D eigenvalue weighted by atomic mass is 10.1. The minimum atomic E-state index is -4.60. The fraction of sp³-hybridized carbons (Fsp3) is 0.412. The Labute approximate surface area is 143 Å². The Morgan fingerprint density at radius 2 is 1.96 bits per heavy atom. The maximum absolute atomic E-state index is 13.3. The number of anilines is 2. The summed E-state index contributed by atoms with van der Waals surface area (Å²) in [4.78, 5) is 7.48. The van der Waals surface area contributed by atoms with Crippen LogP contribution in [0, 0.1) is 11.7 Å². The number of halogens is 4. The molecular weight excluding hydrogens is 336 g/mol. The second kappa shape index (κ2) is 8.24. The Morgan fingerprint density at radius 1 is 1.20 bits per heavy atom. The van der Waals surface area contributed by atoms with Gasteiger partial charge in [0.25, 0.3) is 0 Å². The fourth-order valence-corrected chi connectivity index (χ4v) is 2.15. The molecule has 2 aromatic rings. The fourth-order valence-electron chi connectivity index (χ4n) is 2.15. The van der Waals surface area contributed by atoms with Gasteiger partial charge < -0.3 is 10.6 Å². The lowest BCUT2D eigenvalue weighted by Gasteiger charge is -2.14. The van der Waals surface area contributed by atoms with E-state index in [2.05, 4.69) is 20.6 Å². The number of alkyl halides is 3.